The zero-order valence-corrected chi connectivity index (χ0v) is 38.9. The number of fused-ring (bicyclic) bond motifs is 2. The molecule has 0 nitrogen and oxygen atoms in total. The zero-order valence-electron chi connectivity index (χ0n) is 38.9. The Morgan fingerprint density at radius 1 is 0.200 bits per heavy atom. The van der Waals surface area contributed by atoms with Gasteiger partial charge in [0.2, 0.25) is 0 Å². The highest BCUT2D eigenvalue weighted by Gasteiger charge is 2.13. The largest absolute Gasteiger partial charge is 0.0622 e. The van der Waals surface area contributed by atoms with E-state index < -0.39 is 0 Å². The van der Waals surface area contributed by atoms with Crippen molar-refractivity contribution in [3.05, 3.63) is 323 Å². The van der Waals surface area contributed by atoms with Gasteiger partial charge in [-0.25, -0.2) is 0 Å². The Kier molecular flexibility index (Phi) is 12.7. The van der Waals surface area contributed by atoms with Gasteiger partial charge in [0, 0.05) is 0 Å². The zero-order chi connectivity index (χ0) is 46.9. The molecule has 11 aromatic carbocycles. The molecule has 0 aromatic heterocycles. The molecule has 0 heteroatoms. The number of hydrogen-bond donors (Lipinski definition) is 0. The van der Waals surface area contributed by atoms with Crippen molar-refractivity contribution in [3.8, 4) is 22.3 Å². The van der Waals surface area contributed by atoms with E-state index in [9.17, 15) is 0 Å². The van der Waals surface area contributed by atoms with Crippen LogP contribution < -0.4 is 0 Å². The lowest BCUT2D eigenvalue weighted by atomic mass is 9.90. The van der Waals surface area contributed by atoms with Gasteiger partial charge >= 0.3 is 0 Å². The molecule has 70 heavy (non-hydrogen) atoms. The Labute approximate surface area is 411 Å². The predicted molar refractivity (Wildman–Crippen MR) is 303 cm³/mol. The molecule has 0 saturated carbocycles. The molecule has 0 atom stereocenters. The molecule has 0 heterocycles. The molecule has 0 bridgehead atoms. The highest BCUT2D eigenvalue weighted by Crippen LogP contribution is 2.37. The summed E-state index contributed by atoms with van der Waals surface area (Å²) in [7, 11) is 0. The average molecular weight is 891 g/mol. The predicted octanol–water partition coefficient (Wildman–Crippen LogP) is 18.8. The maximum Gasteiger partial charge on any atom is -0.00987 e. The summed E-state index contributed by atoms with van der Waals surface area (Å²) in [4.78, 5) is 0. The van der Waals surface area contributed by atoms with Gasteiger partial charge in [-0.05, 0) is 123 Å². The minimum absolute atomic E-state index is 1.15. The molecule has 330 valence electrons. The van der Waals surface area contributed by atoms with Crippen LogP contribution in [0.25, 0.3) is 91.4 Å². The minimum Gasteiger partial charge on any atom is -0.0622 e. The molecule has 0 N–H and O–H groups in total. The molecule has 11 rings (SSSR count). The third kappa shape index (κ3) is 9.40. The van der Waals surface area contributed by atoms with E-state index in [4.69, 9.17) is 0 Å². The first kappa shape index (κ1) is 43.5. The van der Waals surface area contributed by atoms with Crippen molar-refractivity contribution in [2.45, 2.75) is 0 Å². The molecule has 0 amide bonds. The van der Waals surface area contributed by atoms with Gasteiger partial charge in [-0.2, -0.15) is 0 Å². The van der Waals surface area contributed by atoms with E-state index in [-0.39, 0.29) is 0 Å². The van der Waals surface area contributed by atoms with Crippen molar-refractivity contribution in [1.29, 1.82) is 0 Å². The van der Waals surface area contributed by atoms with Crippen LogP contribution in [0.3, 0.4) is 0 Å². The highest BCUT2D eigenvalue weighted by molar-refractivity contribution is 6.14. The molecule has 0 aliphatic heterocycles. The molecular weight excluding hydrogens is 841 g/mol. The van der Waals surface area contributed by atoms with E-state index in [2.05, 4.69) is 303 Å². The van der Waals surface area contributed by atoms with Gasteiger partial charge < -0.3 is 0 Å². The summed E-state index contributed by atoms with van der Waals surface area (Å²) in [6, 6.07) is 95.6. The van der Waals surface area contributed by atoms with Crippen molar-refractivity contribution in [2.24, 2.45) is 0 Å². The number of benzene rings is 11. The van der Waals surface area contributed by atoms with Gasteiger partial charge in [-0.3, -0.25) is 0 Å². The van der Waals surface area contributed by atoms with Crippen LogP contribution in [0.15, 0.2) is 267 Å². The lowest BCUT2D eigenvalue weighted by molar-refractivity contribution is 1.53. The summed E-state index contributed by atoms with van der Waals surface area (Å²) >= 11 is 0. The van der Waals surface area contributed by atoms with E-state index in [1.54, 1.807) is 0 Å². The number of rotatable bonds is 12. The fraction of sp³-hybridized carbons (Fsp3) is 0. The Morgan fingerprint density at radius 2 is 0.457 bits per heavy atom. The third-order valence-corrected chi connectivity index (χ3v) is 13.2. The number of hydrogen-bond acceptors (Lipinski definition) is 0. The van der Waals surface area contributed by atoms with Crippen LogP contribution in [-0.2, 0) is 0 Å². The Balaban J connectivity index is 0.964. The average Bonchev–Trinajstić information content (AvgIpc) is 3.44. The van der Waals surface area contributed by atoms with E-state index in [1.807, 2.05) is 0 Å². The summed E-state index contributed by atoms with van der Waals surface area (Å²) in [5, 5.41) is 4.86. The van der Waals surface area contributed by atoms with E-state index in [0.717, 1.165) is 22.3 Å². The van der Waals surface area contributed by atoms with Crippen molar-refractivity contribution in [1.82, 2.24) is 0 Å². The molecule has 11 aromatic rings. The second-order valence-corrected chi connectivity index (χ2v) is 17.6. The van der Waals surface area contributed by atoms with Gasteiger partial charge in [0.05, 0.1) is 0 Å². The highest BCUT2D eigenvalue weighted by atomic mass is 14.2. The second-order valence-electron chi connectivity index (χ2n) is 17.6. The van der Waals surface area contributed by atoms with Crippen LogP contribution in [0.1, 0.15) is 55.6 Å². The second kappa shape index (κ2) is 20.4. The molecule has 0 aliphatic carbocycles. The molecule has 0 saturated heterocycles. The fourth-order valence-corrected chi connectivity index (χ4v) is 9.65. The van der Waals surface area contributed by atoms with Crippen LogP contribution in [0.4, 0.5) is 0 Å². The molecule has 0 fully saturated rings. The van der Waals surface area contributed by atoms with Crippen LogP contribution >= 0.6 is 0 Å². The summed E-state index contributed by atoms with van der Waals surface area (Å²) in [5.41, 5.74) is 18.9. The monoisotopic (exact) mass is 890 g/mol. The Morgan fingerprint density at radius 3 is 0.800 bits per heavy atom. The van der Waals surface area contributed by atoms with E-state index in [1.165, 1.54) is 88.3 Å². The minimum atomic E-state index is 1.15. The van der Waals surface area contributed by atoms with Crippen molar-refractivity contribution in [3.63, 3.8) is 0 Å². The first-order chi connectivity index (χ1) is 34.7. The Bertz CT molecular complexity index is 3380. The lowest BCUT2D eigenvalue weighted by Gasteiger charge is -2.14. The van der Waals surface area contributed by atoms with E-state index >= 15 is 0 Å². The normalized spacial score (nSPS) is 12.1. The summed E-state index contributed by atoms with van der Waals surface area (Å²) in [6.07, 6.45) is 13.9. The summed E-state index contributed by atoms with van der Waals surface area (Å²) in [5.74, 6) is 0. The Hall–Kier alpha value is -9.10. The molecule has 0 radical (unpaired) electrons. The topological polar surface area (TPSA) is 0 Å². The summed E-state index contributed by atoms with van der Waals surface area (Å²) in [6.45, 7) is 0. The van der Waals surface area contributed by atoms with Crippen LogP contribution in [0, 0.1) is 0 Å². The molecule has 0 aliphatic rings. The quantitative estimate of drug-likeness (QED) is 0.0847. The van der Waals surface area contributed by atoms with Gasteiger partial charge in [0.1, 0.15) is 0 Å². The molecular formula is C70H50. The van der Waals surface area contributed by atoms with Gasteiger partial charge in [0.25, 0.3) is 0 Å². The first-order valence-corrected chi connectivity index (χ1v) is 24.1. The third-order valence-electron chi connectivity index (χ3n) is 13.2. The van der Waals surface area contributed by atoms with Crippen LogP contribution in [0.5, 0.6) is 0 Å². The lowest BCUT2D eigenvalue weighted by Crippen LogP contribution is -1.91. The maximum absolute atomic E-state index is 2.34. The van der Waals surface area contributed by atoms with Gasteiger partial charge in [-0.15, -0.1) is 0 Å². The van der Waals surface area contributed by atoms with Gasteiger partial charge in [0.15, 0.2) is 0 Å². The van der Waals surface area contributed by atoms with Crippen LogP contribution in [-0.4, -0.2) is 0 Å². The maximum atomic E-state index is 2.34. The van der Waals surface area contributed by atoms with Crippen molar-refractivity contribution in [2.75, 3.05) is 0 Å². The fourth-order valence-electron chi connectivity index (χ4n) is 9.65. The van der Waals surface area contributed by atoms with Crippen molar-refractivity contribution < 1.29 is 0 Å². The summed E-state index contributed by atoms with van der Waals surface area (Å²) < 4.78 is 0. The van der Waals surface area contributed by atoms with Crippen LogP contribution in [0.2, 0.25) is 0 Å². The molecule has 0 spiro atoms. The van der Waals surface area contributed by atoms with Gasteiger partial charge in [-0.1, -0.05) is 291 Å². The van der Waals surface area contributed by atoms with E-state index in [0.29, 0.717) is 0 Å². The van der Waals surface area contributed by atoms with Crippen molar-refractivity contribution >= 4 is 69.1 Å². The first-order valence-electron chi connectivity index (χ1n) is 24.1. The SMILES string of the molecule is C(=Cc1c2ccccc2c(C=Cc2ccccc2/C=C(/c2ccccc2)c2ccc(-c3ccccc3)cc2)c2ccccc12)c1ccccc1/C=C(/c1ccccc1)c1ccc(-c2ccccc2)cc1. The smallest absolute Gasteiger partial charge is 0.00987 e. The standard InChI is InChI=1S/C70H50/c1-5-21-51(22-6-1)55-37-41-59(42-38-55)69(57-27-9-3-10-28-57)49-61-31-15-13-25-53(61)45-47-67-63-33-17-19-35-65(63)68(66-36-20-18-34-64(66)67)48-46-54-26-14-16-32-62(54)50-70(58-29-11-4-12-30-58)60-43-39-56(40-44-60)52-23-7-2-8-24-52/h1-50H/b47-45?,48-46?,69-49-,70-50-. The molecule has 0 unspecified atom stereocenters.